The van der Waals surface area contributed by atoms with E-state index in [0.29, 0.717) is 0 Å². The number of nitrogens with one attached hydrogen (secondary N) is 1. The molecule has 19 heavy (non-hydrogen) atoms. The van der Waals surface area contributed by atoms with Gasteiger partial charge in [0.15, 0.2) is 9.84 Å². The third kappa shape index (κ3) is 9.25. The van der Waals surface area contributed by atoms with E-state index in [1.807, 2.05) is 5.32 Å². The topological polar surface area (TPSA) is 110 Å². The minimum atomic E-state index is -4.96. The molecule has 0 aliphatic carbocycles. The predicted molar refractivity (Wildman–Crippen MR) is 55.9 cm³/mol. The van der Waals surface area contributed by atoms with Crippen LogP contribution in [0.4, 0.5) is 13.2 Å². The van der Waals surface area contributed by atoms with Crippen LogP contribution in [0.2, 0.25) is 0 Å². The first-order valence-corrected chi connectivity index (χ1v) is 6.66. The first-order valence-electron chi connectivity index (χ1n) is 4.84. The van der Waals surface area contributed by atoms with Gasteiger partial charge in [-0.1, -0.05) is 0 Å². The number of ether oxygens (including phenoxy) is 1. The number of rotatable bonds is 7. The summed E-state index contributed by atoms with van der Waals surface area (Å²) in [6.07, 6.45) is -4.96. The fraction of sp³-hybridized carbons (Fsp3) is 0.750. The van der Waals surface area contributed by atoms with Gasteiger partial charge in [-0.05, 0) is 0 Å². The highest BCUT2D eigenvalue weighted by Crippen LogP contribution is 2.15. The number of carbonyl (C=O) groups excluding carboxylic acids is 1. The van der Waals surface area contributed by atoms with Crippen molar-refractivity contribution < 1.29 is 41.0 Å². The predicted octanol–water partition coefficient (Wildman–Crippen LogP) is -0.473. The van der Waals surface area contributed by atoms with Crippen molar-refractivity contribution in [2.24, 2.45) is 0 Å². The molecule has 1 atom stereocenters. The van der Waals surface area contributed by atoms with Gasteiger partial charge < -0.3 is 10.4 Å². The van der Waals surface area contributed by atoms with E-state index in [-0.39, 0.29) is 0 Å². The molecule has 112 valence electrons. The van der Waals surface area contributed by atoms with Gasteiger partial charge in [0.25, 0.3) is 0 Å². The van der Waals surface area contributed by atoms with Gasteiger partial charge in [-0.2, -0.15) is 0 Å². The van der Waals surface area contributed by atoms with Crippen molar-refractivity contribution in [2.75, 3.05) is 18.1 Å². The molecule has 0 spiro atoms. The maximum absolute atomic E-state index is 11.6. The molecule has 11 heteroatoms. The Morgan fingerprint density at radius 1 is 1.37 bits per heavy atom. The van der Waals surface area contributed by atoms with Crippen molar-refractivity contribution in [1.82, 2.24) is 5.32 Å². The van der Waals surface area contributed by atoms with Crippen LogP contribution < -0.4 is 5.32 Å². The number of halogens is 3. The number of aliphatic carboxylic acids is 1. The maximum Gasteiger partial charge on any atom is 0.522 e. The molecule has 0 bridgehead atoms. The zero-order chi connectivity index (χ0) is 15.3. The van der Waals surface area contributed by atoms with Gasteiger partial charge in [-0.15, -0.1) is 13.2 Å². The van der Waals surface area contributed by atoms with Crippen LogP contribution in [0.5, 0.6) is 0 Å². The summed E-state index contributed by atoms with van der Waals surface area (Å²) in [5, 5.41) is 10.5. The van der Waals surface area contributed by atoms with Crippen molar-refractivity contribution in [3.05, 3.63) is 0 Å². The molecule has 0 aromatic rings. The van der Waals surface area contributed by atoms with E-state index in [9.17, 15) is 31.2 Å². The molecule has 2 N–H and O–H groups in total. The minimum absolute atomic E-state index is 0.769. The van der Waals surface area contributed by atoms with Gasteiger partial charge in [0.2, 0.25) is 5.91 Å². The van der Waals surface area contributed by atoms with E-state index in [1.54, 1.807) is 0 Å². The smallest absolute Gasteiger partial charge is 0.480 e. The lowest BCUT2D eigenvalue weighted by Crippen LogP contribution is -2.45. The maximum atomic E-state index is 11.6. The second-order valence-corrected chi connectivity index (χ2v) is 5.73. The lowest BCUT2D eigenvalue weighted by molar-refractivity contribution is -0.322. The van der Waals surface area contributed by atoms with E-state index in [2.05, 4.69) is 4.74 Å². The largest absolute Gasteiger partial charge is 0.522 e. The highest BCUT2D eigenvalue weighted by atomic mass is 32.2. The number of carbonyl (C=O) groups is 2. The fourth-order valence-corrected chi connectivity index (χ4v) is 2.28. The molecule has 0 radical (unpaired) electrons. The van der Waals surface area contributed by atoms with Crippen LogP contribution in [0.3, 0.4) is 0 Å². The van der Waals surface area contributed by atoms with Gasteiger partial charge in [0.1, 0.15) is 6.04 Å². The average Bonchev–Trinajstić information content (AvgIpc) is 2.12. The normalized spacial score (nSPS) is 13.9. The standard InChI is InChI=1S/C8H12F3NO6S/c1-5(13)12-6(7(14)15)4-19(16,17)3-2-18-8(9,10)11/h6H,2-4H2,1H3,(H,12,13)(H,14,15)/t6-/m0/s1. The number of carboxylic acid groups (broad SMARTS) is 1. The summed E-state index contributed by atoms with van der Waals surface area (Å²) >= 11 is 0. The monoisotopic (exact) mass is 307 g/mol. The van der Waals surface area contributed by atoms with Crippen LogP contribution in [-0.4, -0.2) is 55.9 Å². The number of carboxylic acids is 1. The molecule has 0 aromatic carbocycles. The number of sulfone groups is 1. The molecular formula is C8H12F3NO6S. The quantitative estimate of drug-likeness (QED) is 0.658. The third-order valence-electron chi connectivity index (χ3n) is 1.76. The van der Waals surface area contributed by atoms with Crippen LogP contribution in [0.1, 0.15) is 6.92 Å². The second-order valence-electron chi connectivity index (χ2n) is 3.50. The Morgan fingerprint density at radius 3 is 2.26 bits per heavy atom. The first kappa shape index (κ1) is 17.6. The van der Waals surface area contributed by atoms with E-state index in [0.717, 1.165) is 6.92 Å². The number of amides is 1. The first-order chi connectivity index (χ1) is 8.43. The Balaban J connectivity index is 4.48. The van der Waals surface area contributed by atoms with E-state index >= 15 is 0 Å². The molecule has 0 aliphatic heterocycles. The highest BCUT2D eigenvalue weighted by Gasteiger charge is 2.31. The summed E-state index contributed by atoms with van der Waals surface area (Å²) in [5.74, 6) is -4.39. The Labute approximate surface area is 106 Å². The molecule has 0 fully saturated rings. The third-order valence-corrected chi connectivity index (χ3v) is 3.39. The minimum Gasteiger partial charge on any atom is -0.480 e. The summed E-state index contributed by atoms with van der Waals surface area (Å²) in [6.45, 7) is -0.159. The summed E-state index contributed by atoms with van der Waals surface area (Å²) in [6, 6.07) is -1.71. The van der Waals surface area contributed by atoms with Crippen LogP contribution >= 0.6 is 0 Å². The van der Waals surface area contributed by atoms with E-state index in [4.69, 9.17) is 5.11 Å². The Kier molecular flexibility index (Phi) is 6.22. The lowest BCUT2D eigenvalue weighted by Gasteiger charge is -2.13. The number of hydrogen-bond acceptors (Lipinski definition) is 5. The van der Waals surface area contributed by atoms with Crippen molar-refractivity contribution in [2.45, 2.75) is 19.3 Å². The Morgan fingerprint density at radius 2 is 1.89 bits per heavy atom. The molecule has 0 aromatic heterocycles. The zero-order valence-electron chi connectivity index (χ0n) is 9.73. The summed E-state index contributed by atoms with van der Waals surface area (Å²) in [5.41, 5.74) is 0. The Hall–Kier alpha value is -1.36. The van der Waals surface area contributed by atoms with Crippen LogP contribution in [0.15, 0.2) is 0 Å². The van der Waals surface area contributed by atoms with Crippen molar-refractivity contribution in [1.29, 1.82) is 0 Å². The molecule has 0 saturated heterocycles. The van der Waals surface area contributed by atoms with Crippen molar-refractivity contribution >= 4 is 21.7 Å². The van der Waals surface area contributed by atoms with Gasteiger partial charge in [-0.3, -0.25) is 9.53 Å². The molecule has 0 unspecified atom stereocenters. The average molecular weight is 307 g/mol. The van der Waals surface area contributed by atoms with Gasteiger partial charge in [0, 0.05) is 6.92 Å². The van der Waals surface area contributed by atoms with Gasteiger partial charge in [0.05, 0.1) is 18.1 Å². The van der Waals surface area contributed by atoms with Crippen molar-refractivity contribution in [3.63, 3.8) is 0 Å². The van der Waals surface area contributed by atoms with Gasteiger partial charge in [-0.25, -0.2) is 13.2 Å². The summed E-state index contributed by atoms with van der Waals surface area (Å²) in [7, 11) is -4.11. The van der Waals surface area contributed by atoms with E-state index < -0.39 is 52.2 Å². The van der Waals surface area contributed by atoms with Crippen molar-refractivity contribution in [3.8, 4) is 0 Å². The van der Waals surface area contributed by atoms with Gasteiger partial charge >= 0.3 is 12.3 Å². The zero-order valence-corrected chi connectivity index (χ0v) is 10.5. The summed E-state index contributed by atoms with van der Waals surface area (Å²) < 4.78 is 60.9. The number of alkyl halides is 3. The lowest BCUT2D eigenvalue weighted by atomic mass is 10.3. The van der Waals surface area contributed by atoms with Crippen LogP contribution in [-0.2, 0) is 24.2 Å². The second kappa shape index (κ2) is 6.70. The molecule has 1 amide bonds. The molecule has 0 saturated carbocycles. The molecule has 0 aliphatic rings. The fourth-order valence-electron chi connectivity index (χ4n) is 1.04. The SMILES string of the molecule is CC(=O)N[C@@H](CS(=O)(=O)CCOC(F)(F)F)C(=O)O. The van der Waals surface area contributed by atoms with E-state index in [1.165, 1.54) is 0 Å². The highest BCUT2D eigenvalue weighted by molar-refractivity contribution is 7.91. The van der Waals surface area contributed by atoms with Crippen LogP contribution in [0, 0.1) is 0 Å². The Bertz CT molecular complexity index is 432. The molecular weight excluding hydrogens is 295 g/mol. The molecule has 7 nitrogen and oxygen atoms in total. The number of hydrogen-bond donors (Lipinski definition) is 2. The van der Waals surface area contributed by atoms with Crippen LogP contribution in [0.25, 0.3) is 0 Å². The summed E-state index contributed by atoms with van der Waals surface area (Å²) in [4.78, 5) is 21.3. The molecule has 0 rings (SSSR count). The molecule has 0 heterocycles.